The van der Waals surface area contributed by atoms with Gasteiger partial charge >= 0.3 is 0 Å². The highest BCUT2D eigenvalue weighted by atomic mass is 19.1. The van der Waals surface area contributed by atoms with Crippen LogP contribution in [0.2, 0.25) is 0 Å². The van der Waals surface area contributed by atoms with Crippen LogP contribution in [0.3, 0.4) is 0 Å². The van der Waals surface area contributed by atoms with Gasteiger partial charge in [0.05, 0.1) is 6.61 Å². The third-order valence-electron chi connectivity index (χ3n) is 2.80. The highest BCUT2D eigenvalue weighted by Crippen LogP contribution is 2.12. The predicted octanol–water partition coefficient (Wildman–Crippen LogP) is 0.402. The smallest absolute Gasteiger partial charge is 0.275 e. The fourth-order valence-electron chi connectivity index (χ4n) is 1.83. The van der Waals surface area contributed by atoms with Crippen LogP contribution in [0.1, 0.15) is 16.2 Å². The summed E-state index contributed by atoms with van der Waals surface area (Å²) in [6.45, 7) is 1.35. The van der Waals surface area contributed by atoms with E-state index in [4.69, 9.17) is 5.11 Å². The maximum atomic E-state index is 13.8. The van der Waals surface area contributed by atoms with Crippen LogP contribution in [-0.4, -0.2) is 33.9 Å². The van der Waals surface area contributed by atoms with Crippen LogP contribution in [0.15, 0.2) is 35.1 Å². The third kappa shape index (κ3) is 3.14. The highest BCUT2D eigenvalue weighted by molar-refractivity contribution is 5.92. The van der Waals surface area contributed by atoms with Crippen molar-refractivity contribution < 1.29 is 14.3 Å². The monoisotopic (exact) mass is 291 g/mol. The Morgan fingerprint density at radius 2 is 2.14 bits per heavy atom. The van der Waals surface area contributed by atoms with Crippen molar-refractivity contribution in [3.63, 3.8) is 0 Å². The summed E-state index contributed by atoms with van der Waals surface area (Å²) in [5.41, 5.74) is -0.358. The first-order valence-electron chi connectivity index (χ1n) is 6.29. The molecule has 0 saturated heterocycles. The molecule has 0 aliphatic heterocycles. The molecule has 0 atom stereocenters. The molecule has 2 aromatic rings. The average Bonchev–Trinajstić information content (AvgIpc) is 2.46. The second-order valence-corrected chi connectivity index (χ2v) is 4.34. The van der Waals surface area contributed by atoms with E-state index in [1.54, 1.807) is 13.0 Å². The number of hydrogen-bond acceptors (Lipinski definition) is 4. The van der Waals surface area contributed by atoms with Gasteiger partial charge in [-0.25, -0.2) is 9.07 Å². The number of aliphatic hydroxyl groups excluding tert-OH is 1. The van der Waals surface area contributed by atoms with Crippen molar-refractivity contribution >= 4 is 5.91 Å². The molecule has 21 heavy (non-hydrogen) atoms. The van der Waals surface area contributed by atoms with E-state index in [1.165, 1.54) is 28.9 Å². The second-order valence-electron chi connectivity index (χ2n) is 4.34. The molecule has 6 nitrogen and oxygen atoms in total. The molecule has 0 unspecified atom stereocenters. The molecule has 1 heterocycles. The van der Waals surface area contributed by atoms with Crippen molar-refractivity contribution in [1.29, 1.82) is 0 Å². The zero-order chi connectivity index (χ0) is 15.4. The van der Waals surface area contributed by atoms with Crippen LogP contribution in [-0.2, 0) is 0 Å². The number of hydrogen-bond donors (Lipinski definition) is 2. The van der Waals surface area contributed by atoms with Crippen LogP contribution in [0.5, 0.6) is 0 Å². The quantitative estimate of drug-likeness (QED) is 0.854. The van der Waals surface area contributed by atoms with Gasteiger partial charge in [0.1, 0.15) is 11.5 Å². The fourth-order valence-corrected chi connectivity index (χ4v) is 1.83. The number of nitrogens with one attached hydrogen (secondary N) is 1. The van der Waals surface area contributed by atoms with E-state index in [2.05, 4.69) is 10.4 Å². The van der Waals surface area contributed by atoms with Gasteiger partial charge < -0.3 is 10.4 Å². The van der Waals surface area contributed by atoms with E-state index in [-0.39, 0.29) is 24.5 Å². The maximum absolute atomic E-state index is 13.8. The first kappa shape index (κ1) is 14.9. The summed E-state index contributed by atoms with van der Waals surface area (Å²) in [5.74, 6) is -1.22. The molecule has 0 aliphatic carbocycles. The first-order valence-corrected chi connectivity index (χ1v) is 6.29. The zero-order valence-corrected chi connectivity index (χ0v) is 11.3. The molecule has 1 aromatic carbocycles. The lowest BCUT2D eigenvalue weighted by Crippen LogP contribution is -2.33. The molecule has 0 bridgehead atoms. The Balaban J connectivity index is 2.51. The van der Waals surface area contributed by atoms with Crippen LogP contribution in [0.4, 0.5) is 4.39 Å². The fraction of sp³-hybridized carbons (Fsp3) is 0.214. The first-order chi connectivity index (χ1) is 10.0. The number of carbonyl (C=O) groups is 1. The number of amides is 1. The average molecular weight is 291 g/mol. The number of para-hydroxylation sites is 1. The molecule has 0 saturated carbocycles. The van der Waals surface area contributed by atoms with Crippen LogP contribution < -0.4 is 10.7 Å². The van der Waals surface area contributed by atoms with E-state index in [9.17, 15) is 14.0 Å². The molecule has 0 fully saturated rings. The van der Waals surface area contributed by atoms with Gasteiger partial charge in [-0.15, -0.1) is 0 Å². The van der Waals surface area contributed by atoms with Crippen molar-refractivity contribution in [3.05, 3.63) is 57.8 Å². The summed E-state index contributed by atoms with van der Waals surface area (Å²) < 4.78 is 15.0. The van der Waals surface area contributed by atoms with E-state index in [0.717, 1.165) is 0 Å². The van der Waals surface area contributed by atoms with E-state index < -0.39 is 17.2 Å². The number of aromatic nitrogens is 2. The number of aryl methyl sites for hydroxylation is 1. The maximum Gasteiger partial charge on any atom is 0.275 e. The predicted molar refractivity (Wildman–Crippen MR) is 73.9 cm³/mol. The molecular weight excluding hydrogens is 277 g/mol. The van der Waals surface area contributed by atoms with Gasteiger partial charge in [0.2, 0.25) is 5.43 Å². The summed E-state index contributed by atoms with van der Waals surface area (Å²) in [5, 5.41) is 14.9. The Hall–Kier alpha value is -2.54. The Morgan fingerprint density at radius 1 is 1.43 bits per heavy atom. The minimum atomic E-state index is -0.709. The van der Waals surface area contributed by atoms with E-state index in [1.807, 2.05) is 0 Å². The van der Waals surface area contributed by atoms with E-state index in [0.29, 0.717) is 5.69 Å². The largest absolute Gasteiger partial charge is 0.395 e. The molecule has 0 spiro atoms. The number of carbonyl (C=O) groups excluding carboxylic acids is 1. The van der Waals surface area contributed by atoms with Crippen molar-refractivity contribution in [2.75, 3.05) is 13.2 Å². The highest BCUT2D eigenvalue weighted by Gasteiger charge is 2.16. The Kier molecular flexibility index (Phi) is 4.44. The summed E-state index contributed by atoms with van der Waals surface area (Å²) in [6, 6.07) is 7.14. The van der Waals surface area contributed by atoms with Gasteiger partial charge in [0.15, 0.2) is 5.69 Å². The van der Waals surface area contributed by atoms with Crippen molar-refractivity contribution in [3.8, 4) is 5.69 Å². The number of nitrogens with zero attached hydrogens (tertiary/aromatic N) is 2. The molecular formula is C14H14FN3O3. The van der Waals surface area contributed by atoms with Crippen LogP contribution in [0.25, 0.3) is 5.69 Å². The van der Waals surface area contributed by atoms with Gasteiger partial charge in [-0.1, -0.05) is 12.1 Å². The second kappa shape index (κ2) is 6.27. The molecule has 7 heteroatoms. The number of aliphatic hydroxyl groups is 1. The molecule has 1 aromatic heterocycles. The molecule has 2 N–H and O–H groups in total. The summed E-state index contributed by atoms with van der Waals surface area (Å²) in [4.78, 5) is 23.6. The van der Waals surface area contributed by atoms with Gasteiger partial charge in [-0.05, 0) is 19.1 Å². The number of rotatable bonds is 4. The van der Waals surface area contributed by atoms with Crippen molar-refractivity contribution in [1.82, 2.24) is 15.1 Å². The standard InChI is InChI=1S/C14H14FN3O3/c1-9-8-12(20)13(14(21)16-6-7-19)17-18(9)11-5-3-2-4-10(11)15/h2-5,8,19H,6-7H2,1H3,(H,16,21). The van der Waals surface area contributed by atoms with Crippen LogP contribution >= 0.6 is 0 Å². The minimum Gasteiger partial charge on any atom is -0.395 e. The molecule has 0 radical (unpaired) electrons. The Morgan fingerprint density at radius 3 is 2.81 bits per heavy atom. The zero-order valence-electron chi connectivity index (χ0n) is 11.3. The Bertz CT molecular complexity index is 728. The lowest BCUT2D eigenvalue weighted by Gasteiger charge is -2.11. The van der Waals surface area contributed by atoms with Gasteiger partial charge in [0.25, 0.3) is 5.91 Å². The lowest BCUT2D eigenvalue weighted by atomic mass is 10.2. The third-order valence-corrected chi connectivity index (χ3v) is 2.80. The van der Waals surface area contributed by atoms with Crippen molar-refractivity contribution in [2.45, 2.75) is 6.92 Å². The normalized spacial score (nSPS) is 10.4. The number of halogens is 1. The van der Waals surface area contributed by atoms with Gasteiger partial charge in [0, 0.05) is 18.3 Å². The molecule has 110 valence electrons. The van der Waals surface area contributed by atoms with Gasteiger partial charge in [-0.2, -0.15) is 5.10 Å². The summed E-state index contributed by atoms with van der Waals surface area (Å²) >= 11 is 0. The lowest BCUT2D eigenvalue weighted by molar-refractivity contribution is 0.0936. The molecule has 2 rings (SSSR count). The molecule has 1 amide bonds. The summed E-state index contributed by atoms with van der Waals surface area (Å²) in [6.07, 6.45) is 0. The topological polar surface area (TPSA) is 84.2 Å². The van der Waals surface area contributed by atoms with E-state index >= 15 is 0 Å². The SMILES string of the molecule is Cc1cc(=O)c(C(=O)NCCO)nn1-c1ccccc1F. The molecule has 0 aliphatic rings. The van der Waals surface area contributed by atoms with Gasteiger partial charge in [-0.3, -0.25) is 9.59 Å². The van der Waals surface area contributed by atoms with Crippen LogP contribution in [0, 0.1) is 12.7 Å². The Labute approximate surface area is 119 Å². The summed E-state index contributed by atoms with van der Waals surface area (Å²) in [7, 11) is 0. The number of benzene rings is 1. The minimum absolute atomic E-state index is 0.00747. The van der Waals surface area contributed by atoms with Crippen molar-refractivity contribution in [2.24, 2.45) is 0 Å².